The molecule has 0 bridgehead atoms. The summed E-state index contributed by atoms with van der Waals surface area (Å²) in [5, 5.41) is 2.85. The molecule has 7 heteroatoms. The summed E-state index contributed by atoms with van der Waals surface area (Å²) in [4.78, 5) is 12.8. The molecule has 0 unspecified atom stereocenters. The molecule has 1 N–H and O–H groups in total. The lowest BCUT2D eigenvalue weighted by Gasteiger charge is -2.24. The summed E-state index contributed by atoms with van der Waals surface area (Å²) in [7, 11) is -3.87. The highest BCUT2D eigenvalue weighted by Gasteiger charge is 2.26. The van der Waals surface area contributed by atoms with Gasteiger partial charge in [0.25, 0.3) is 10.0 Å². The van der Waals surface area contributed by atoms with Gasteiger partial charge in [0.1, 0.15) is 6.54 Å². The molecule has 0 saturated heterocycles. The molecule has 0 aromatic heterocycles. The number of hydrogen-bond acceptors (Lipinski definition) is 3. The Balaban J connectivity index is 1.67. The van der Waals surface area contributed by atoms with Crippen LogP contribution in [-0.2, 0) is 21.2 Å². The van der Waals surface area contributed by atoms with Crippen LogP contribution in [0, 0.1) is 10.5 Å². The Labute approximate surface area is 197 Å². The van der Waals surface area contributed by atoms with E-state index in [1.165, 1.54) is 23.3 Å². The average Bonchev–Trinajstić information content (AvgIpc) is 2.77. The molecule has 5 nitrogen and oxygen atoms in total. The molecule has 0 fully saturated rings. The van der Waals surface area contributed by atoms with E-state index in [-0.39, 0.29) is 17.3 Å². The van der Waals surface area contributed by atoms with E-state index in [0.29, 0.717) is 12.2 Å². The topological polar surface area (TPSA) is 66.5 Å². The van der Waals surface area contributed by atoms with Gasteiger partial charge in [0.05, 0.1) is 10.6 Å². The second-order valence-corrected chi connectivity index (χ2v) is 10.3. The van der Waals surface area contributed by atoms with Gasteiger partial charge in [-0.25, -0.2) is 8.42 Å². The normalized spacial score (nSPS) is 11.2. The van der Waals surface area contributed by atoms with Crippen LogP contribution in [-0.4, -0.2) is 27.4 Å². The summed E-state index contributed by atoms with van der Waals surface area (Å²) in [6.45, 7) is 2.26. The second-order valence-electron chi connectivity index (χ2n) is 7.24. The van der Waals surface area contributed by atoms with Crippen LogP contribution in [0.15, 0.2) is 83.8 Å². The number of aryl methyl sites for hydroxylation is 2. The summed E-state index contributed by atoms with van der Waals surface area (Å²) < 4.78 is 28.6. The summed E-state index contributed by atoms with van der Waals surface area (Å²) in [6.07, 6.45) is 1.63. The third kappa shape index (κ3) is 6.54. The monoisotopic (exact) mass is 548 g/mol. The molecule has 0 aliphatic carbocycles. The molecule has 3 rings (SSSR count). The molecule has 162 valence electrons. The number of rotatable bonds is 9. The minimum Gasteiger partial charge on any atom is -0.355 e. The van der Waals surface area contributed by atoms with E-state index in [1.54, 1.807) is 30.3 Å². The van der Waals surface area contributed by atoms with Crippen LogP contribution in [0.5, 0.6) is 0 Å². The molecule has 0 heterocycles. The summed E-state index contributed by atoms with van der Waals surface area (Å²) in [5.41, 5.74) is 2.89. The number of sulfonamides is 1. The van der Waals surface area contributed by atoms with Gasteiger partial charge in [0.2, 0.25) is 5.91 Å². The molecule has 0 aliphatic rings. The highest BCUT2D eigenvalue weighted by Crippen LogP contribution is 2.24. The smallest absolute Gasteiger partial charge is 0.264 e. The van der Waals surface area contributed by atoms with E-state index >= 15 is 0 Å². The minimum absolute atomic E-state index is 0.153. The number of carbonyl (C=O) groups is 1. The van der Waals surface area contributed by atoms with Gasteiger partial charge in [-0.3, -0.25) is 9.10 Å². The second kappa shape index (κ2) is 10.8. The minimum atomic E-state index is -3.87. The maximum atomic E-state index is 13.2. The van der Waals surface area contributed by atoms with Crippen molar-refractivity contribution in [2.45, 2.75) is 24.7 Å². The first-order valence-corrected chi connectivity index (χ1v) is 12.5. The SMILES string of the molecule is Cc1ccc(CCCNC(=O)CN(c2ccc(I)cc2)S(=O)(=O)c2ccccc2)cc1. The van der Waals surface area contributed by atoms with Gasteiger partial charge in [0.15, 0.2) is 0 Å². The Hall–Kier alpha value is -2.39. The third-order valence-corrected chi connectivity index (χ3v) is 7.33. The first-order valence-electron chi connectivity index (χ1n) is 10.0. The standard InChI is InChI=1S/C24H25IN2O3S/c1-19-9-11-20(12-10-19)6-5-17-26-24(28)18-27(22-15-13-21(25)14-16-22)31(29,30)23-7-3-2-4-8-23/h2-4,7-16H,5-6,17-18H2,1H3,(H,26,28). The number of nitrogens with zero attached hydrogens (tertiary/aromatic N) is 1. The van der Waals surface area contributed by atoms with Crippen LogP contribution in [0.1, 0.15) is 17.5 Å². The Morgan fingerprint density at radius 2 is 1.58 bits per heavy atom. The van der Waals surface area contributed by atoms with Gasteiger partial charge in [-0.15, -0.1) is 0 Å². The van der Waals surface area contributed by atoms with Crippen molar-refractivity contribution in [3.05, 3.63) is 93.6 Å². The van der Waals surface area contributed by atoms with Gasteiger partial charge in [0, 0.05) is 10.1 Å². The predicted octanol–water partition coefficient (Wildman–Crippen LogP) is 4.54. The molecule has 0 saturated carbocycles. The van der Waals surface area contributed by atoms with Crippen LogP contribution < -0.4 is 9.62 Å². The fourth-order valence-electron chi connectivity index (χ4n) is 3.10. The number of nitrogens with one attached hydrogen (secondary N) is 1. The van der Waals surface area contributed by atoms with Gasteiger partial charge in [-0.05, 0) is 84.3 Å². The number of anilines is 1. The fraction of sp³-hybridized carbons (Fsp3) is 0.208. The zero-order valence-electron chi connectivity index (χ0n) is 17.3. The van der Waals surface area contributed by atoms with Crippen molar-refractivity contribution in [1.29, 1.82) is 0 Å². The summed E-state index contributed by atoms with van der Waals surface area (Å²) in [5.74, 6) is -0.332. The van der Waals surface area contributed by atoms with E-state index < -0.39 is 10.0 Å². The van der Waals surface area contributed by atoms with Gasteiger partial charge in [-0.1, -0.05) is 48.0 Å². The molecular formula is C24H25IN2O3S. The number of halogens is 1. The maximum Gasteiger partial charge on any atom is 0.264 e. The summed E-state index contributed by atoms with van der Waals surface area (Å²) >= 11 is 2.16. The van der Waals surface area contributed by atoms with Crippen molar-refractivity contribution in [3.63, 3.8) is 0 Å². The van der Waals surface area contributed by atoms with Crippen molar-refractivity contribution in [1.82, 2.24) is 5.32 Å². The number of benzene rings is 3. The molecule has 0 atom stereocenters. The van der Waals surface area contributed by atoms with Crippen molar-refractivity contribution in [3.8, 4) is 0 Å². The molecule has 0 aliphatic heterocycles. The largest absolute Gasteiger partial charge is 0.355 e. The Morgan fingerprint density at radius 3 is 2.23 bits per heavy atom. The number of carbonyl (C=O) groups excluding carboxylic acids is 1. The van der Waals surface area contributed by atoms with Crippen LogP contribution in [0.3, 0.4) is 0 Å². The predicted molar refractivity (Wildman–Crippen MR) is 133 cm³/mol. The van der Waals surface area contributed by atoms with E-state index in [9.17, 15) is 13.2 Å². The first-order chi connectivity index (χ1) is 14.9. The van der Waals surface area contributed by atoms with Gasteiger partial charge >= 0.3 is 0 Å². The van der Waals surface area contributed by atoms with Crippen LogP contribution in [0.25, 0.3) is 0 Å². The summed E-state index contributed by atoms with van der Waals surface area (Å²) in [6, 6.07) is 23.6. The van der Waals surface area contributed by atoms with E-state index in [0.717, 1.165) is 20.7 Å². The first kappa shape index (κ1) is 23.3. The maximum absolute atomic E-state index is 13.2. The molecule has 3 aromatic rings. The molecular weight excluding hydrogens is 523 g/mol. The average molecular weight is 548 g/mol. The molecule has 31 heavy (non-hydrogen) atoms. The fourth-order valence-corrected chi connectivity index (χ4v) is 4.91. The third-order valence-electron chi connectivity index (χ3n) is 4.82. The van der Waals surface area contributed by atoms with E-state index in [1.807, 2.05) is 19.1 Å². The number of amides is 1. The van der Waals surface area contributed by atoms with Crippen LogP contribution >= 0.6 is 22.6 Å². The van der Waals surface area contributed by atoms with Crippen molar-refractivity contribution in [2.24, 2.45) is 0 Å². The van der Waals surface area contributed by atoms with Crippen LogP contribution in [0.4, 0.5) is 5.69 Å². The molecule has 0 spiro atoms. The molecule has 0 radical (unpaired) electrons. The van der Waals surface area contributed by atoms with Crippen LogP contribution in [0.2, 0.25) is 0 Å². The molecule has 3 aromatic carbocycles. The lowest BCUT2D eigenvalue weighted by Crippen LogP contribution is -2.41. The number of hydrogen-bond donors (Lipinski definition) is 1. The Bertz CT molecular complexity index is 1100. The Morgan fingerprint density at radius 1 is 0.935 bits per heavy atom. The quantitative estimate of drug-likeness (QED) is 0.316. The van der Waals surface area contributed by atoms with Gasteiger partial charge in [-0.2, -0.15) is 0 Å². The van der Waals surface area contributed by atoms with Crippen molar-refractivity contribution >= 4 is 44.2 Å². The zero-order valence-corrected chi connectivity index (χ0v) is 20.3. The zero-order chi connectivity index (χ0) is 22.3. The van der Waals surface area contributed by atoms with E-state index in [4.69, 9.17) is 0 Å². The van der Waals surface area contributed by atoms with Gasteiger partial charge < -0.3 is 5.32 Å². The van der Waals surface area contributed by atoms with E-state index in [2.05, 4.69) is 52.2 Å². The highest BCUT2D eigenvalue weighted by atomic mass is 127. The highest BCUT2D eigenvalue weighted by molar-refractivity contribution is 14.1. The van der Waals surface area contributed by atoms with Crippen molar-refractivity contribution < 1.29 is 13.2 Å². The molecule has 1 amide bonds. The lowest BCUT2D eigenvalue weighted by molar-refractivity contribution is -0.119. The lowest BCUT2D eigenvalue weighted by atomic mass is 10.1. The van der Waals surface area contributed by atoms with Crippen molar-refractivity contribution in [2.75, 3.05) is 17.4 Å². The Kier molecular flexibility index (Phi) is 8.09.